The van der Waals surface area contributed by atoms with Crippen molar-refractivity contribution in [2.24, 2.45) is 0 Å². The van der Waals surface area contributed by atoms with E-state index >= 15 is 0 Å². The van der Waals surface area contributed by atoms with Crippen molar-refractivity contribution in [3.63, 3.8) is 0 Å². The predicted octanol–water partition coefficient (Wildman–Crippen LogP) is 6.64. The van der Waals surface area contributed by atoms with E-state index in [1.807, 2.05) is 0 Å². The van der Waals surface area contributed by atoms with Gasteiger partial charge in [-0.2, -0.15) is 13.2 Å². The number of anilines is 1. The topological polar surface area (TPSA) is 98.3 Å². The zero-order valence-corrected chi connectivity index (χ0v) is 17.5. The van der Waals surface area contributed by atoms with Crippen LogP contribution in [0.1, 0.15) is 21.5 Å². The average molecular weight is 476 g/mol. The largest absolute Gasteiger partial charge is 0.436 e. The summed E-state index contributed by atoms with van der Waals surface area (Å²) in [6.45, 7) is 1.65. The number of nitrogens with one attached hydrogen (secondary N) is 1. The van der Waals surface area contributed by atoms with Crippen LogP contribution >= 0.6 is 11.6 Å². The van der Waals surface area contributed by atoms with Gasteiger partial charge in [-0.3, -0.25) is 14.9 Å². The summed E-state index contributed by atoms with van der Waals surface area (Å²) in [4.78, 5) is 27.0. The number of hydrogen-bond acceptors (Lipinski definition) is 5. The van der Waals surface area contributed by atoms with E-state index in [-0.39, 0.29) is 11.6 Å². The Morgan fingerprint density at radius 1 is 1.15 bits per heavy atom. The van der Waals surface area contributed by atoms with E-state index in [1.165, 1.54) is 6.07 Å². The number of amides is 1. The zero-order chi connectivity index (χ0) is 23.9. The fraction of sp³-hybridized carbons (Fsp3) is 0.0909. The number of carbonyl (C=O) groups excluding carboxylic acids is 1. The number of nitro groups is 1. The number of carbonyl (C=O) groups is 1. The van der Waals surface area contributed by atoms with Crippen LogP contribution in [-0.4, -0.2) is 15.8 Å². The Bertz CT molecular complexity index is 1420. The monoisotopic (exact) mass is 475 g/mol. The number of hydrogen-bond donors (Lipinski definition) is 1. The second-order valence-corrected chi connectivity index (χ2v) is 7.48. The molecule has 0 spiro atoms. The van der Waals surface area contributed by atoms with Crippen molar-refractivity contribution in [3.8, 4) is 11.5 Å². The molecule has 0 saturated carbocycles. The molecule has 0 aliphatic heterocycles. The van der Waals surface area contributed by atoms with Gasteiger partial charge in [-0.05, 0) is 42.8 Å². The second kappa shape index (κ2) is 8.21. The Labute approximate surface area is 189 Å². The van der Waals surface area contributed by atoms with Crippen molar-refractivity contribution in [2.75, 3.05) is 5.32 Å². The van der Waals surface area contributed by atoms with Crippen molar-refractivity contribution < 1.29 is 27.3 Å². The quantitative estimate of drug-likeness (QED) is 0.263. The van der Waals surface area contributed by atoms with Crippen LogP contribution in [0.15, 0.2) is 59.0 Å². The summed E-state index contributed by atoms with van der Waals surface area (Å²) in [5, 5.41) is 13.8. The first-order chi connectivity index (χ1) is 15.5. The molecule has 33 heavy (non-hydrogen) atoms. The summed E-state index contributed by atoms with van der Waals surface area (Å²) in [5.41, 5.74) is -0.666. The summed E-state index contributed by atoms with van der Waals surface area (Å²) in [6.07, 6.45) is -4.96. The Hall–Kier alpha value is -3.92. The molecule has 0 fully saturated rings. The maximum atomic E-state index is 13.5. The van der Waals surface area contributed by atoms with Gasteiger partial charge in [-0.15, -0.1) is 0 Å². The molecule has 1 heterocycles. The maximum absolute atomic E-state index is 13.5. The van der Waals surface area contributed by atoms with Crippen LogP contribution < -0.4 is 5.32 Å². The molecular formula is C22H13ClF3N3O4. The molecule has 0 bridgehead atoms. The van der Waals surface area contributed by atoms with Crippen LogP contribution in [0, 0.1) is 17.0 Å². The van der Waals surface area contributed by atoms with Gasteiger partial charge in [-0.25, -0.2) is 4.98 Å². The van der Waals surface area contributed by atoms with Crippen LogP contribution in [0.5, 0.6) is 0 Å². The number of halogens is 4. The Morgan fingerprint density at radius 2 is 1.91 bits per heavy atom. The fourth-order valence-corrected chi connectivity index (χ4v) is 3.45. The number of alkyl halides is 3. The Balaban J connectivity index is 1.70. The minimum absolute atomic E-state index is 0.226. The van der Waals surface area contributed by atoms with Gasteiger partial charge in [0.2, 0.25) is 5.89 Å². The normalized spacial score (nSPS) is 11.5. The molecule has 0 atom stereocenters. The molecule has 0 unspecified atom stereocenters. The summed E-state index contributed by atoms with van der Waals surface area (Å²) in [7, 11) is 0. The molecule has 1 N–H and O–H groups in total. The molecule has 4 rings (SSSR count). The highest BCUT2D eigenvalue weighted by molar-refractivity contribution is 6.31. The first-order valence-electron chi connectivity index (χ1n) is 9.37. The maximum Gasteiger partial charge on any atom is 0.417 e. The standard InChI is InChI=1S/C22H13ClF3N3O4/c1-11-14(21-28-18-8-5-12(23)9-19(18)33-21)3-2-4-17(11)27-20(30)15-7-6-13(29(31)32)10-16(15)22(24,25)26/h2-10H,1H3,(H,27,30). The van der Waals surface area contributed by atoms with Gasteiger partial charge in [0.05, 0.1) is 16.1 Å². The number of nitro benzene ring substituents is 1. The first-order valence-corrected chi connectivity index (χ1v) is 9.75. The molecule has 11 heteroatoms. The lowest BCUT2D eigenvalue weighted by Crippen LogP contribution is -2.19. The molecule has 3 aromatic carbocycles. The highest BCUT2D eigenvalue weighted by Crippen LogP contribution is 2.36. The van der Waals surface area contributed by atoms with Crippen LogP contribution in [-0.2, 0) is 6.18 Å². The van der Waals surface area contributed by atoms with Crippen LogP contribution in [0.25, 0.3) is 22.6 Å². The van der Waals surface area contributed by atoms with Gasteiger partial charge < -0.3 is 9.73 Å². The van der Waals surface area contributed by atoms with Gasteiger partial charge >= 0.3 is 6.18 Å². The van der Waals surface area contributed by atoms with E-state index in [2.05, 4.69) is 10.3 Å². The molecule has 7 nitrogen and oxygen atoms in total. The van der Waals surface area contributed by atoms with E-state index in [0.29, 0.717) is 33.3 Å². The predicted molar refractivity (Wildman–Crippen MR) is 115 cm³/mol. The molecule has 0 aliphatic carbocycles. The van der Waals surface area contributed by atoms with Crippen LogP contribution in [0.4, 0.5) is 24.5 Å². The van der Waals surface area contributed by atoms with Gasteiger partial charge in [-0.1, -0.05) is 17.7 Å². The number of nitrogens with zero attached hydrogens (tertiary/aromatic N) is 2. The number of fused-ring (bicyclic) bond motifs is 1. The number of oxazole rings is 1. The third-order valence-electron chi connectivity index (χ3n) is 4.93. The number of non-ortho nitro benzene ring substituents is 1. The van der Waals surface area contributed by atoms with Crippen LogP contribution in [0.3, 0.4) is 0 Å². The summed E-state index contributed by atoms with van der Waals surface area (Å²) >= 11 is 5.97. The highest BCUT2D eigenvalue weighted by atomic mass is 35.5. The average Bonchev–Trinajstić information content (AvgIpc) is 3.17. The summed E-state index contributed by atoms with van der Waals surface area (Å²) in [6, 6.07) is 11.7. The minimum Gasteiger partial charge on any atom is -0.436 e. The van der Waals surface area contributed by atoms with E-state index in [0.717, 1.165) is 12.1 Å². The van der Waals surface area contributed by atoms with Gasteiger partial charge in [0, 0.05) is 34.5 Å². The number of benzene rings is 3. The van der Waals surface area contributed by atoms with Gasteiger partial charge in [0.25, 0.3) is 11.6 Å². The Morgan fingerprint density at radius 3 is 2.61 bits per heavy atom. The molecule has 1 aromatic heterocycles. The second-order valence-electron chi connectivity index (χ2n) is 7.05. The molecular weight excluding hydrogens is 463 g/mol. The van der Waals surface area contributed by atoms with Crippen molar-refractivity contribution in [2.45, 2.75) is 13.1 Å². The van der Waals surface area contributed by atoms with Crippen LogP contribution in [0.2, 0.25) is 5.02 Å². The van der Waals surface area contributed by atoms with E-state index < -0.39 is 33.8 Å². The van der Waals surface area contributed by atoms with Gasteiger partial charge in [0.15, 0.2) is 5.58 Å². The van der Waals surface area contributed by atoms with Crippen molar-refractivity contribution in [1.29, 1.82) is 0 Å². The lowest BCUT2D eigenvalue weighted by molar-refractivity contribution is -0.385. The first kappa shape index (κ1) is 22.3. The van der Waals surface area contributed by atoms with Crippen molar-refractivity contribution >= 4 is 40.0 Å². The third kappa shape index (κ3) is 4.37. The highest BCUT2D eigenvalue weighted by Gasteiger charge is 2.37. The zero-order valence-electron chi connectivity index (χ0n) is 16.7. The number of rotatable bonds is 4. The van der Waals surface area contributed by atoms with Gasteiger partial charge in [0.1, 0.15) is 5.52 Å². The number of aromatic nitrogens is 1. The fourth-order valence-electron chi connectivity index (χ4n) is 3.28. The molecule has 0 radical (unpaired) electrons. The molecule has 0 saturated heterocycles. The van der Waals surface area contributed by atoms with E-state index in [1.54, 1.807) is 37.3 Å². The molecule has 4 aromatic rings. The molecule has 0 aliphatic rings. The molecule has 1 amide bonds. The SMILES string of the molecule is Cc1c(NC(=O)c2ccc([N+](=O)[O-])cc2C(F)(F)F)cccc1-c1nc2ccc(Cl)cc2o1. The summed E-state index contributed by atoms with van der Waals surface area (Å²) < 4.78 is 46.1. The van der Waals surface area contributed by atoms with Crippen molar-refractivity contribution in [1.82, 2.24) is 4.98 Å². The molecule has 168 valence electrons. The van der Waals surface area contributed by atoms with E-state index in [4.69, 9.17) is 16.0 Å². The van der Waals surface area contributed by atoms with Crippen molar-refractivity contribution in [3.05, 3.63) is 86.4 Å². The third-order valence-corrected chi connectivity index (χ3v) is 5.16. The smallest absolute Gasteiger partial charge is 0.417 e. The minimum atomic E-state index is -4.96. The Kier molecular flexibility index (Phi) is 5.54. The summed E-state index contributed by atoms with van der Waals surface area (Å²) in [5.74, 6) is -0.825. The lowest BCUT2D eigenvalue weighted by Gasteiger charge is -2.14. The van der Waals surface area contributed by atoms with E-state index in [9.17, 15) is 28.1 Å². The lowest BCUT2D eigenvalue weighted by atomic mass is 10.0.